The molecule has 0 fully saturated rings. The minimum atomic E-state index is -1.41. The fourth-order valence-corrected chi connectivity index (χ4v) is 1.09. The Labute approximate surface area is 147 Å². The third kappa shape index (κ3) is 21.4. The maximum absolute atomic E-state index is 10.9. The molecule has 8 heteroatoms. The van der Waals surface area contributed by atoms with Crippen LogP contribution in [0, 0.1) is 0 Å². The minimum Gasteiger partial charge on any atom is -0.545 e. The quantitative estimate of drug-likeness (QED) is 0.371. The fourth-order valence-electron chi connectivity index (χ4n) is 1.09. The number of hydrogen-bond donors (Lipinski definition) is 0. The van der Waals surface area contributed by atoms with Gasteiger partial charge in [-0.3, -0.25) is 0 Å². The van der Waals surface area contributed by atoms with Gasteiger partial charge in [0.15, 0.2) is 0 Å². The van der Waals surface area contributed by atoms with Crippen molar-refractivity contribution in [3.05, 3.63) is 24.3 Å². The Kier molecular flexibility index (Phi) is 13.6. The lowest BCUT2D eigenvalue weighted by atomic mass is 10.4. The van der Waals surface area contributed by atoms with Crippen molar-refractivity contribution in [2.75, 3.05) is 0 Å². The Morgan fingerprint density at radius 2 is 0.840 bits per heavy atom. The van der Waals surface area contributed by atoms with Gasteiger partial charge in [-0.2, -0.15) is 0 Å². The maximum Gasteiger partial charge on any atom is 0.331 e. The number of esters is 3. The van der Waals surface area contributed by atoms with E-state index in [-0.39, 0.29) is 18.3 Å². The van der Waals surface area contributed by atoms with Crippen LogP contribution in [0.25, 0.3) is 0 Å². The van der Waals surface area contributed by atoms with Crippen molar-refractivity contribution in [1.82, 2.24) is 0 Å². The van der Waals surface area contributed by atoms with Crippen molar-refractivity contribution in [1.29, 1.82) is 0 Å². The predicted molar refractivity (Wildman–Crippen MR) is 87.0 cm³/mol. The summed E-state index contributed by atoms with van der Waals surface area (Å²) in [4.78, 5) is 42.2. The number of aliphatic carboxylic acids is 1. The second-order valence-corrected chi connectivity index (χ2v) is 5.44. The first-order valence-corrected chi connectivity index (χ1v) is 7.63. The van der Waals surface area contributed by atoms with Crippen LogP contribution in [0.4, 0.5) is 0 Å². The summed E-state index contributed by atoms with van der Waals surface area (Å²) in [6.07, 6.45) is 2.95. The van der Waals surface area contributed by atoms with E-state index in [0.717, 1.165) is 18.2 Å². The molecule has 0 aromatic heterocycles. The van der Waals surface area contributed by atoms with Gasteiger partial charge in [0.05, 0.1) is 24.3 Å². The summed E-state index contributed by atoms with van der Waals surface area (Å²) in [6, 6.07) is 0. The molecule has 0 aliphatic rings. The number of carbonyl (C=O) groups excluding carboxylic acids is 4. The first-order chi connectivity index (χ1) is 11.4. The average Bonchev–Trinajstić information content (AvgIpc) is 2.41. The van der Waals surface area contributed by atoms with Gasteiger partial charge in [0.1, 0.15) is 0 Å². The zero-order valence-electron chi connectivity index (χ0n) is 15.3. The Morgan fingerprint density at radius 3 is 1.04 bits per heavy atom. The van der Waals surface area contributed by atoms with E-state index < -0.39 is 23.9 Å². The summed E-state index contributed by atoms with van der Waals surface area (Å²) < 4.78 is 14.1. The van der Waals surface area contributed by atoms with E-state index in [0.29, 0.717) is 6.08 Å². The highest BCUT2D eigenvalue weighted by Crippen LogP contribution is 1.93. The van der Waals surface area contributed by atoms with Crippen molar-refractivity contribution in [2.24, 2.45) is 0 Å². The standard InChI is InChI=1S/C10H16O4.C7H10O4/c1-7(2)13-9(11)5-6-10(12)14-8(3)4;1-5(2)11-7(10)4-3-6(8)9/h5-8H,1-4H3;3-5H,1-2H3,(H,8,9)/p-1/b6-5+;4-3+. The zero-order chi connectivity index (χ0) is 20.0. The summed E-state index contributed by atoms with van der Waals surface area (Å²) in [6.45, 7) is 10.3. The first-order valence-electron chi connectivity index (χ1n) is 7.63. The Morgan fingerprint density at radius 1 is 0.600 bits per heavy atom. The van der Waals surface area contributed by atoms with Gasteiger partial charge in [0.2, 0.25) is 0 Å². The van der Waals surface area contributed by atoms with Gasteiger partial charge < -0.3 is 24.1 Å². The Hall–Kier alpha value is -2.64. The summed E-state index contributed by atoms with van der Waals surface area (Å²) in [5.74, 6) is -3.17. The van der Waals surface area contributed by atoms with Crippen LogP contribution in [-0.4, -0.2) is 42.2 Å². The monoisotopic (exact) mass is 357 g/mol. The van der Waals surface area contributed by atoms with Gasteiger partial charge in [0.25, 0.3) is 0 Å². The average molecular weight is 357 g/mol. The molecular weight excluding hydrogens is 332 g/mol. The van der Waals surface area contributed by atoms with E-state index >= 15 is 0 Å². The van der Waals surface area contributed by atoms with E-state index in [1.165, 1.54) is 0 Å². The van der Waals surface area contributed by atoms with Gasteiger partial charge in [-0.1, -0.05) is 0 Å². The number of hydrogen-bond acceptors (Lipinski definition) is 8. The number of ether oxygens (including phenoxy) is 3. The lowest BCUT2D eigenvalue weighted by Gasteiger charge is -2.05. The molecule has 0 unspecified atom stereocenters. The second-order valence-electron chi connectivity index (χ2n) is 5.44. The Bertz CT molecular complexity index is 477. The van der Waals surface area contributed by atoms with Gasteiger partial charge in [-0.25, -0.2) is 14.4 Å². The molecule has 25 heavy (non-hydrogen) atoms. The third-order valence-corrected chi connectivity index (χ3v) is 1.77. The molecule has 0 aromatic carbocycles. The van der Waals surface area contributed by atoms with E-state index in [1.807, 2.05) is 0 Å². The summed E-state index contributed by atoms with van der Waals surface area (Å²) in [5.41, 5.74) is 0. The second kappa shape index (κ2) is 13.8. The number of carboxylic acid groups (broad SMARTS) is 1. The molecule has 0 spiro atoms. The molecule has 0 saturated heterocycles. The molecule has 0 aliphatic heterocycles. The topological polar surface area (TPSA) is 119 Å². The Balaban J connectivity index is 0. The molecule has 0 saturated carbocycles. The van der Waals surface area contributed by atoms with Gasteiger partial charge in [-0.05, 0) is 47.6 Å². The first kappa shape index (κ1) is 24.6. The van der Waals surface area contributed by atoms with Crippen LogP contribution < -0.4 is 5.11 Å². The number of rotatable bonds is 7. The number of carboxylic acids is 1. The van der Waals surface area contributed by atoms with E-state index in [4.69, 9.17) is 9.47 Å². The molecule has 0 heterocycles. The summed E-state index contributed by atoms with van der Waals surface area (Å²) >= 11 is 0. The molecule has 0 aliphatic carbocycles. The SMILES string of the molecule is CC(C)OC(=O)/C=C/C(=O)OC(C)C.CC(C)OC(=O)/C=C/C(=O)[O-]. The van der Waals surface area contributed by atoms with Crippen LogP contribution in [-0.2, 0) is 33.4 Å². The van der Waals surface area contributed by atoms with Crippen LogP contribution in [0.5, 0.6) is 0 Å². The molecule has 0 rings (SSSR count). The largest absolute Gasteiger partial charge is 0.545 e. The minimum absolute atomic E-state index is 0.187. The van der Waals surface area contributed by atoms with Crippen molar-refractivity contribution < 1.29 is 38.5 Å². The molecule has 0 amide bonds. The van der Waals surface area contributed by atoms with Gasteiger partial charge in [0, 0.05) is 18.2 Å². The van der Waals surface area contributed by atoms with Crippen LogP contribution in [0.15, 0.2) is 24.3 Å². The van der Waals surface area contributed by atoms with E-state index in [2.05, 4.69) is 4.74 Å². The van der Waals surface area contributed by atoms with Crippen molar-refractivity contribution in [3.8, 4) is 0 Å². The van der Waals surface area contributed by atoms with Crippen LogP contribution in [0.1, 0.15) is 41.5 Å². The number of carbonyl (C=O) groups is 4. The highest BCUT2D eigenvalue weighted by Gasteiger charge is 2.04. The molecule has 0 bridgehead atoms. The van der Waals surface area contributed by atoms with Crippen molar-refractivity contribution in [3.63, 3.8) is 0 Å². The maximum atomic E-state index is 10.9. The highest BCUT2D eigenvalue weighted by molar-refractivity contribution is 5.91. The fraction of sp³-hybridized carbons (Fsp3) is 0.529. The lowest BCUT2D eigenvalue weighted by molar-refractivity contribution is -0.297. The van der Waals surface area contributed by atoms with E-state index in [1.54, 1.807) is 41.5 Å². The molecule has 8 nitrogen and oxygen atoms in total. The normalized spacial score (nSPS) is 10.8. The molecule has 142 valence electrons. The zero-order valence-corrected chi connectivity index (χ0v) is 15.3. The molecule has 0 radical (unpaired) electrons. The van der Waals surface area contributed by atoms with Gasteiger partial charge in [-0.15, -0.1) is 0 Å². The van der Waals surface area contributed by atoms with Crippen molar-refractivity contribution >= 4 is 23.9 Å². The predicted octanol–water partition coefficient (Wildman–Crippen LogP) is 0.690. The van der Waals surface area contributed by atoms with E-state index in [9.17, 15) is 24.3 Å². The smallest absolute Gasteiger partial charge is 0.331 e. The third-order valence-electron chi connectivity index (χ3n) is 1.77. The molecule has 0 atom stereocenters. The lowest BCUT2D eigenvalue weighted by Crippen LogP contribution is -2.19. The summed E-state index contributed by atoms with van der Waals surface area (Å²) in [7, 11) is 0. The van der Waals surface area contributed by atoms with Crippen molar-refractivity contribution in [2.45, 2.75) is 59.9 Å². The van der Waals surface area contributed by atoms with Gasteiger partial charge >= 0.3 is 17.9 Å². The molecular formula is C17H25O8-. The molecule has 0 aromatic rings. The summed E-state index contributed by atoms with van der Waals surface area (Å²) in [5, 5.41) is 9.78. The molecule has 0 N–H and O–H groups in total. The van der Waals surface area contributed by atoms with Crippen LogP contribution in [0.3, 0.4) is 0 Å². The van der Waals surface area contributed by atoms with Crippen LogP contribution in [0.2, 0.25) is 0 Å². The van der Waals surface area contributed by atoms with Crippen LogP contribution >= 0.6 is 0 Å². The highest BCUT2D eigenvalue weighted by atomic mass is 16.5.